The summed E-state index contributed by atoms with van der Waals surface area (Å²) in [5.74, 6) is 0.677. The topological polar surface area (TPSA) is 61.6 Å². The first-order chi connectivity index (χ1) is 7.11. The maximum Gasteiger partial charge on any atom is 0.306 e. The largest absolute Gasteiger partial charge is 0.457 e. The highest BCUT2D eigenvalue weighted by Gasteiger charge is 2.24. The number of hydrogen-bond acceptors (Lipinski definition) is 4. The molecule has 0 saturated carbocycles. The van der Waals surface area contributed by atoms with E-state index >= 15 is 0 Å². The molecule has 88 valence electrons. The van der Waals surface area contributed by atoms with E-state index < -0.39 is 0 Å². The van der Waals surface area contributed by atoms with Gasteiger partial charge in [-0.15, -0.1) is 0 Å². The highest BCUT2D eigenvalue weighted by atomic mass is 16.6. The molecule has 1 aliphatic heterocycles. The molecular formula is C11H21NO3. The standard InChI is InChI=1S/C11H21NO3/c1-8(2)3-9(5-12)4-11(13)15-10-6-14-7-10/h8-10H,3-7,12H2,1-2H3/t9-/m0/s1. The molecule has 2 N–H and O–H groups in total. The molecule has 4 heteroatoms. The van der Waals surface area contributed by atoms with Crippen LogP contribution in [0.4, 0.5) is 0 Å². The van der Waals surface area contributed by atoms with Crippen LogP contribution in [-0.4, -0.2) is 31.8 Å². The maximum atomic E-state index is 11.5. The molecule has 0 spiro atoms. The second kappa shape index (κ2) is 6.08. The molecule has 0 aliphatic carbocycles. The Morgan fingerprint density at radius 1 is 1.53 bits per heavy atom. The van der Waals surface area contributed by atoms with Gasteiger partial charge >= 0.3 is 5.97 Å². The van der Waals surface area contributed by atoms with E-state index in [0.717, 1.165) is 6.42 Å². The summed E-state index contributed by atoms with van der Waals surface area (Å²) in [6, 6.07) is 0. The number of carbonyl (C=O) groups excluding carboxylic acids is 1. The first kappa shape index (κ1) is 12.5. The zero-order valence-electron chi connectivity index (χ0n) is 9.57. The van der Waals surface area contributed by atoms with Crippen molar-refractivity contribution in [1.82, 2.24) is 0 Å². The van der Waals surface area contributed by atoms with Gasteiger partial charge in [-0.25, -0.2) is 0 Å². The second-order valence-corrected chi connectivity index (χ2v) is 4.58. The van der Waals surface area contributed by atoms with Gasteiger partial charge in [-0.05, 0) is 24.8 Å². The van der Waals surface area contributed by atoms with Crippen molar-refractivity contribution in [2.24, 2.45) is 17.6 Å². The quantitative estimate of drug-likeness (QED) is 0.670. The fourth-order valence-corrected chi connectivity index (χ4v) is 1.68. The third kappa shape index (κ3) is 4.62. The molecule has 0 unspecified atom stereocenters. The van der Waals surface area contributed by atoms with E-state index in [2.05, 4.69) is 13.8 Å². The predicted molar refractivity (Wildman–Crippen MR) is 57.3 cm³/mol. The molecule has 4 nitrogen and oxygen atoms in total. The van der Waals surface area contributed by atoms with Gasteiger partial charge in [0.05, 0.1) is 13.2 Å². The lowest BCUT2D eigenvalue weighted by Gasteiger charge is -2.26. The predicted octanol–water partition coefficient (Wildman–Crippen LogP) is 0.939. The zero-order chi connectivity index (χ0) is 11.3. The summed E-state index contributed by atoms with van der Waals surface area (Å²) in [6.45, 7) is 5.91. The molecule has 1 atom stereocenters. The van der Waals surface area contributed by atoms with Gasteiger partial charge in [-0.1, -0.05) is 13.8 Å². The van der Waals surface area contributed by atoms with Crippen LogP contribution in [0.25, 0.3) is 0 Å². The summed E-state index contributed by atoms with van der Waals surface area (Å²) in [5.41, 5.74) is 5.61. The molecule has 0 radical (unpaired) electrons. The number of ether oxygens (including phenoxy) is 2. The third-order valence-electron chi connectivity index (χ3n) is 2.50. The zero-order valence-corrected chi connectivity index (χ0v) is 9.57. The van der Waals surface area contributed by atoms with E-state index in [4.69, 9.17) is 15.2 Å². The third-order valence-corrected chi connectivity index (χ3v) is 2.50. The van der Waals surface area contributed by atoms with Crippen LogP contribution < -0.4 is 5.73 Å². The molecule has 1 aliphatic rings. The van der Waals surface area contributed by atoms with E-state index in [1.54, 1.807) is 0 Å². The van der Waals surface area contributed by atoms with Crippen LogP contribution in [0.1, 0.15) is 26.7 Å². The first-order valence-corrected chi connectivity index (χ1v) is 5.59. The summed E-state index contributed by atoms with van der Waals surface area (Å²) in [5, 5.41) is 0. The summed E-state index contributed by atoms with van der Waals surface area (Å²) < 4.78 is 10.1. The normalized spacial score (nSPS) is 18.7. The molecule has 0 amide bonds. The van der Waals surface area contributed by atoms with Crippen LogP contribution in [-0.2, 0) is 14.3 Å². The van der Waals surface area contributed by atoms with Crippen molar-refractivity contribution in [1.29, 1.82) is 0 Å². The summed E-state index contributed by atoms with van der Waals surface area (Å²) >= 11 is 0. The molecule has 1 fully saturated rings. The van der Waals surface area contributed by atoms with E-state index in [9.17, 15) is 4.79 Å². The first-order valence-electron chi connectivity index (χ1n) is 5.59. The summed E-state index contributed by atoms with van der Waals surface area (Å²) in [7, 11) is 0. The SMILES string of the molecule is CC(C)C[C@H](CN)CC(=O)OC1COC1. The lowest BCUT2D eigenvalue weighted by atomic mass is 9.94. The molecule has 1 heterocycles. The van der Waals surface area contributed by atoms with Gasteiger partial charge in [-0.3, -0.25) is 4.79 Å². The molecule has 0 bridgehead atoms. The Hall–Kier alpha value is -0.610. The highest BCUT2D eigenvalue weighted by Crippen LogP contribution is 2.16. The maximum absolute atomic E-state index is 11.5. The molecule has 0 aromatic heterocycles. The van der Waals surface area contributed by atoms with Crippen molar-refractivity contribution in [2.75, 3.05) is 19.8 Å². The molecule has 15 heavy (non-hydrogen) atoms. The Morgan fingerprint density at radius 2 is 2.20 bits per heavy atom. The number of carbonyl (C=O) groups is 1. The van der Waals surface area contributed by atoms with Crippen molar-refractivity contribution < 1.29 is 14.3 Å². The molecular weight excluding hydrogens is 194 g/mol. The molecule has 1 saturated heterocycles. The van der Waals surface area contributed by atoms with Gasteiger partial charge in [0.25, 0.3) is 0 Å². The fourth-order valence-electron chi connectivity index (χ4n) is 1.68. The van der Waals surface area contributed by atoms with E-state index in [1.807, 2.05) is 0 Å². The van der Waals surface area contributed by atoms with Crippen LogP contribution in [0.3, 0.4) is 0 Å². The number of esters is 1. The molecule has 0 aromatic carbocycles. The van der Waals surface area contributed by atoms with Gasteiger partial charge in [-0.2, -0.15) is 0 Å². The minimum Gasteiger partial charge on any atom is -0.457 e. The Morgan fingerprint density at radius 3 is 2.60 bits per heavy atom. The Kier molecular flexibility index (Phi) is 5.05. The fraction of sp³-hybridized carbons (Fsp3) is 0.909. The molecule has 1 rings (SSSR count). The number of rotatable bonds is 6. The van der Waals surface area contributed by atoms with Crippen LogP contribution in [0.5, 0.6) is 0 Å². The van der Waals surface area contributed by atoms with Gasteiger partial charge in [0.1, 0.15) is 6.10 Å². The van der Waals surface area contributed by atoms with Gasteiger partial charge in [0.2, 0.25) is 0 Å². The van der Waals surface area contributed by atoms with Crippen molar-refractivity contribution in [3.05, 3.63) is 0 Å². The van der Waals surface area contributed by atoms with Crippen LogP contribution >= 0.6 is 0 Å². The van der Waals surface area contributed by atoms with Gasteiger partial charge in [0.15, 0.2) is 0 Å². The van der Waals surface area contributed by atoms with Crippen molar-refractivity contribution in [2.45, 2.75) is 32.8 Å². The number of hydrogen-bond donors (Lipinski definition) is 1. The van der Waals surface area contributed by atoms with E-state index in [-0.39, 0.29) is 18.0 Å². The summed E-state index contributed by atoms with van der Waals surface area (Å²) in [4.78, 5) is 11.5. The Labute approximate surface area is 91.1 Å². The smallest absolute Gasteiger partial charge is 0.306 e. The van der Waals surface area contributed by atoms with Crippen LogP contribution in [0.15, 0.2) is 0 Å². The van der Waals surface area contributed by atoms with Crippen LogP contribution in [0, 0.1) is 11.8 Å². The molecule has 0 aromatic rings. The van der Waals surface area contributed by atoms with Crippen LogP contribution in [0.2, 0.25) is 0 Å². The Bertz CT molecular complexity index is 202. The second-order valence-electron chi connectivity index (χ2n) is 4.58. The van der Waals surface area contributed by atoms with E-state index in [0.29, 0.717) is 32.1 Å². The average Bonchev–Trinajstić information content (AvgIpc) is 2.09. The van der Waals surface area contributed by atoms with Gasteiger partial charge in [0, 0.05) is 6.42 Å². The number of nitrogens with two attached hydrogens (primary N) is 1. The van der Waals surface area contributed by atoms with Crippen molar-refractivity contribution in [3.8, 4) is 0 Å². The van der Waals surface area contributed by atoms with Crippen molar-refractivity contribution >= 4 is 5.97 Å². The monoisotopic (exact) mass is 215 g/mol. The lowest BCUT2D eigenvalue weighted by molar-refractivity contribution is -0.173. The van der Waals surface area contributed by atoms with Gasteiger partial charge < -0.3 is 15.2 Å². The minimum absolute atomic E-state index is 0.0185. The lowest BCUT2D eigenvalue weighted by Crippen LogP contribution is -2.38. The van der Waals surface area contributed by atoms with Crippen molar-refractivity contribution in [3.63, 3.8) is 0 Å². The summed E-state index contributed by atoms with van der Waals surface area (Å²) in [6.07, 6.45) is 1.40. The van der Waals surface area contributed by atoms with E-state index in [1.165, 1.54) is 0 Å². The highest BCUT2D eigenvalue weighted by molar-refractivity contribution is 5.70. The average molecular weight is 215 g/mol. The Balaban J connectivity index is 2.20. The minimum atomic E-state index is -0.139.